The minimum Gasteiger partial charge on any atom is -0.282 e. The van der Waals surface area contributed by atoms with Gasteiger partial charge in [0.15, 0.2) is 0 Å². The molecular formula is C19H33NO2S. The number of imide groups is 1. The van der Waals surface area contributed by atoms with E-state index >= 15 is 0 Å². The van der Waals surface area contributed by atoms with Crippen molar-refractivity contribution in [1.29, 1.82) is 0 Å². The lowest BCUT2D eigenvalue weighted by Crippen LogP contribution is -2.17. The van der Waals surface area contributed by atoms with Crippen LogP contribution in [0.25, 0.3) is 0 Å². The van der Waals surface area contributed by atoms with E-state index in [1.165, 1.54) is 77.0 Å². The van der Waals surface area contributed by atoms with Crippen LogP contribution >= 0.6 is 11.8 Å². The van der Waals surface area contributed by atoms with Crippen LogP contribution in [0.3, 0.4) is 0 Å². The molecular weight excluding hydrogens is 306 g/mol. The van der Waals surface area contributed by atoms with Gasteiger partial charge in [0, 0.05) is 0 Å². The maximum atomic E-state index is 11.3. The SMILES string of the molecule is CCCCCCCCCCCCCCC/C=C1\SC(=O)NC1=O. The maximum absolute atomic E-state index is 11.3. The molecule has 0 aromatic heterocycles. The molecule has 1 aliphatic rings. The van der Waals surface area contributed by atoms with Gasteiger partial charge in [0.25, 0.3) is 11.1 Å². The van der Waals surface area contributed by atoms with Gasteiger partial charge in [-0.2, -0.15) is 0 Å². The summed E-state index contributed by atoms with van der Waals surface area (Å²) in [5.41, 5.74) is 0. The Balaban J connectivity index is 1.81. The van der Waals surface area contributed by atoms with Crippen LogP contribution in [0.15, 0.2) is 11.0 Å². The Bertz CT molecular complexity index is 380. The van der Waals surface area contributed by atoms with E-state index in [1.54, 1.807) is 0 Å². The third kappa shape index (κ3) is 10.6. The van der Waals surface area contributed by atoms with Gasteiger partial charge < -0.3 is 0 Å². The first-order chi connectivity index (χ1) is 11.2. The van der Waals surface area contributed by atoms with Crippen LogP contribution in [0.1, 0.15) is 96.8 Å². The van der Waals surface area contributed by atoms with Gasteiger partial charge in [0.2, 0.25) is 0 Å². The summed E-state index contributed by atoms with van der Waals surface area (Å²) in [6, 6.07) is 0. The maximum Gasteiger partial charge on any atom is 0.290 e. The Labute approximate surface area is 146 Å². The molecule has 3 nitrogen and oxygen atoms in total. The highest BCUT2D eigenvalue weighted by molar-refractivity contribution is 8.18. The van der Waals surface area contributed by atoms with E-state index in [0.29, 0.717) is 4.91 Å². The number of allylic oxidation sites excluding steroid dienone is 1. The van der Waals surface area contributed by atoms with Crippen molar-refractivity contribution < 1.29 is 9.59 Å². The highest BCUT2D eigenvalue weighted by Crippen LogP contribution is 2.24. The zero-order valence-electron chi connectivity index (χ0n) is 14.7. The molecule has 2 amide bonds. The second kappa shape index (κ2) is 13.6. The Kier molecular flexibility index (Phi) is 12.0. The van der Waals surface area contributed by atoms with Crippen LogP contribution in [0.2, 0.25) is 0 Å². The first kappa shape index (κ1) is 20.3. The van der Waals surface area contributed by atoms with Gasteiger partial charge >= 0.3 is 0 Å². The summed E-state index contributed by atoms with van der Waals surface area (Å²) in [4.78, 5) is 22.9. The Morgan fingerprint density at radius 3 is 1.70 bits per heavy atom. The van der Waals surface area contributed by atoms with Crippen molar-refractivity contribution >= 4 is 22.9 Å². The van der Waals surface area contributed by atoms with Gasteiger partial charge in [-0.15, -0.1) is 0 Å². The first-order valence-corrected chi connectivity index (χ1v) is 10.3. The monoisotopic (exact) mass is 339 g/mol. The number of hydrogen-bond acceptors (Lipinski definition) is 3. The van der Waals surface area contributed by atoms with Gasteiger partial charge in [0.05, 0.1) is 4.91 Å². The average Bonchev–Trinajstić information content (AvgIpc) is 2.85. The van der Waals surface area contributed by atoms with Crippen LogP contribution in [-0.4, -0.2) is 11.1 Å². The van der Waals surface area contributed by atoms with Crippen molar-refractivity contribution in [3.8, 4) is 0 Å². The van der Waals surface area contributed by atoms with Gasteiger partial charge in [-0.25, -0.2) is 0 Å². The molecule has 1 heterocycles. The third-order valence-corrected chi connectivity index (χ3v) is 5.14. The number of carbonyl (C=O) groups is 2. The number of amides is 2. The number of unbranched alkanes of at least 4 members (excludes halogenated alkanes) is 13. The highest BCUT2D eigenvalue weighted by atomic mass is 32.2. The summed E-state index contributed by atoms with van der Waals surface area (Å²) in [5, 5.41) is 2.04. The fraction of sp³-hybridized carbons (Fsp3) is 0.789. The van der Waals surface area contributed by atoms with Crippen LogP contribution in [-0.2, 0) is 4.79 Å². The van der Waals surface area contributed by atoms with E-state index in [9.17, 15) is 9.59 Å². The summed E-state index contributed by atoms with van der Waals surface area (Å²) in [7, 11) is 0. The third-order valence-electron chi connectivity index (χ3n) is 4.28. The fourth-order valence-corrected chi connectivity index (χ4v) is 3.54. The summed E-state index contributed by atoms with van der Waals surface area (Å²) in [6.07, 6.45) is 20.3. The molecule has 0 aromatic carbocycles. The van der Waals surface area contributed by atoms with Gasteiger partial charge in [0.1, 0.15) is 0 Å². The number of nitrogens with one attached hydrogen (secondary N) is 1. The minimum atomic E-state index is -0.244. The van der Waals surface area contributed by atoms with Crippen molar-refractivity contribution in [2.24, 2.45) is 0 Å². The van der Waals surface area contributed by atoms with Gasteiger partial charge in [-0.1, -0.05) is 90.0 Å². The molecule has 132 valence electrons. The van der Waals surface area contributed by atoms with Crippen LogP contribution in [0.4, 0.5) is 4.79 Å². The lowest BCUT2D eigenvalue weighted by atomic mass is 10.0. The van der Waals surface area contributed by atoms with E-state index in [2.05, 4.69) is 12.2 Å². The second-order valence-corrected chi connectivity index (χ2v) is 7.46. The summed E-state index contributed by atoms with van der Waals surface area (Å²) >= 11 is 1.02. The van der Waals surface area contributed by atoms with Crippen molar-refractivity contribution in [3.05, 3.63) is 11.0 Å². The van der Waals surface area contributed by atoms with E-state index in [0.717, 1.165) is 24.6 Å². The molecule has 1 aliphatic heterocycles. The molecule has 0 atom stereocenters. The smallest absolute Gasteiger partial charge is 0.282 e. The number of rotatable bonds is 14. The zero-order valence-corrected chi connectivity index (χ0v) is 15.5. The van der Waals surface area contributed by atoms with Crippen molar-refractivity contribution in [2.45, 2.75) is 96.8 Å². The number of carbonyl (C=O) groups excluding carboxylic acids is 2. The molecule has 0 bridgehead atoms. The van der Waals surface area contributed by atoms with Crippen LogP contribution in [0, 0.1) is 0 Å². The largest absolute Gasteiger partial charge is 0.290 e. The van der Waals surface area contributed by atoms with Gasteiger partial charge in [-0.05, 0) is 24.6 Å². The van der Waals surface area contributed by atoms with Crippen LogP contribution in [0.5, 0.6) is 0 Å². The number of hydrogen-bond donors (Lipinski definition) is 1. The van der Waals surface area contributed by atoms with E-state index < -0.39 is 0 Å². The molecule has 4 heteroatoms. The van der Waals surface area contributed by atoms with E-state index in [1.807, 2.05) is 6.08 Å². The molecule has 1 fully saturated rings. The van der Waals surface area contributed by atoms with Crippen molar-refractivity contribution in [3.63, 3.8) is 0 Å². The summed E-state index contributed by atoms with van der Waals surface area (Å²) in [5.74, 6) is -0.227. The zero-order chi connectivity index (χ0) is 16.8. The first-order valence-electron chi connectivity index (χ1n) is 9.47. The summed E-state index contributed by atoms with van der Waals surface area (Å²) < 4.78 is 0. The normalized spacial score (nSPS) is 16.3. The molecule has 1 rings (SSSR count). The molecule has 0 radical (unpaired) electrons. The van der Waals surface area contributed by atoms with Crippen molar-refractivity contribution in [1.82, 2.24) is 5.32 Å². The fourth-order valence-electron chi connectivity index (χ4n) is 2.86. The van der Waals surface area contributed by atoms with Crippen molar-refractivity contribution in [2.75, 3.05) is 0 Å². The lowest BCUT2D eigenvalue weighted by Gasteiger charge is -2.02. The average molecular weight is 340 g/mol. The minimum absolute atomic E-state index is 0.227. The van der Waals surface area contributed by atoms with Crippen LogP contribution < -0.4 is 5.32 Å². The molecule has 0 aromatic rings. The topological polar surface area (TPSA) is 46.2 Å². The Morgan fingerprint density at radius 2 is 1.26 bits per heavy atom. The lowest BCUT2D eigenvalue weighted by molar-refractivity contribution is -0.115. The Morgan fingerprint density at radius 1 is 0.783 bits per heavy atom. The predicted octanol–water partition coefficient (Wildman–Crippen LogP) is 6.33. The molecule has 0 spiro atoms. The second-order valence-electron chi connectivity index (χ2n) is 6.44. The van der Waals surface area contributed by atoms with E-state index in [4.69, 9.17) is 0 Å². The van der Waals surface area contributed by atoms with E-state index in [-0.39, 0.29) is 11.1 Å². The number of thioether (sulfide) groups is 1. The quantitative estimate of drug-likeness (QED) is 0.297. The molecule has 0 unspecified atom stereocenters. The molecule has 23 heavy (non-hydrogen) atoms. The highest BCUT2D eigenvalue weighted by Gasteiger charge is 2.24. The Hall–Kier alpha value is -0.770. The standard InChI is InChI=1S/C19H33NO2S/c1-2-3-4-5-6-7-8-9-10-11-12-13-14-15-16-17-18(21)20-19(22)23-17/h16H,2-15H2,1H3,(H,20,21,22)/b17-16-. The predicted molar refractivity (Wildman–Crippen MR) is 99.5 cm³/mol. The molecule has 0 saturated carbocycles. The summed E-state index contributed by atoms with van der Waals surface area (Å²) in [6.45, 7) is 2.27. The molecule has 1 N–H and O–H groups in total. The van der Waals surface area contributed by atoms with Gasteiger partial charge in [-0.3, -0.25) is 14.9 Å². The molecule has 1 saturated heterocycles. The molecule has 0 aliphatic carbocycles.